The van der Waals surface area contributed by atoms with E-state index in [-0.39, 0.29) is 119 Å². The van der Waals surface area contributed by atoms with Crippen molar-refractivity contribution in [3.05, 3.63) is 87.2 Å². The molecule has 0 unspecified atom stereocenters. The third kappa shape index (κ3) is 13.6. The van der Waals surface area contributed by atoms with Gasteiger partial charge in [-0.15, -0.1) is 5.06 Å². The SMILES string of the molecule is CC[C@@]1(OCc2ccc(NC(=O)[C@H](CCCNC(N)=O)NC(=O)[C@@H](NC(C)=O)C(C)C)cc2OCC(=O)NCCCNC(=O)CCC(=O)ON2C(=O)CCC2=O)C(=O)OCc2c1cc1n(c2=O)Cc2cc3ccccc3nc2-1. The normalized spacial score (nSPS) is 16.0. The van der Waals surface area contributed by atoms with Crippen LogP contribution in [0.1, 0.15) is 101 Å². The van der Waals surface area contributed by atoms with E-state index >= 15 is 0 Å². The van der Waals surface area contributed by atoms with Crippen LogP contribution < -0.4 is 47.9 Å². The number of amides is 9. The number of carbonyl (C=O) groups is 10. The number of fused-ring (bicyclic) bond motifs is 5. The summed E-state index contributed by atoms with van der Waals surface area (Å²) in [6.07, 6.45) is -0.260. The van der Waals surface area contributed by atoms with E-state index in [0.29, 0.717) is 27.6 Å². The van der Waals surface area contributed by atoms with Gasteiger partial charge < -0.3 is 61.2 Å². The lowest BCUT2D eigenvalue weighted by Crippen LogP contribution is -2.54. The molecule has 4 aromatic rings. The maximum absolute atomic E-state index is 14.2. The van der Waals surface area contributed by atoms with Gasteiger partial charge in [-0.05, 0) is 55.9 Å². The summed E-state index contributed by atoms with van der Waals surface area (Å²) in [5.41, 5.74) is 6.73. The molecule has 1 fully saturated rings. The molecule has 2 aromatic carbocycles. The second kappa shape index (κ2) is 25.4. The van der Waals surface area contributed by atoms with Crippen LogP contribution in [-0.2, 0) is 82.8 Å². The number of imide groups is 1. The Kier molecular flexibility index (Phi) is 18.6. The predicted octanol–water partition coefficient (Wildman–Crippen LogP) is 1.73. The zero-order valence-electron chi connectivity index (χ0n) is 43.6. The molecule has 25 nitrogen and oxygen atoms in total. The Hall–Kier alpha value is -8.74. The Bertz CT molecular complexity index is 3090. The molecule has 0 saturated carbocycles. The number of hydrogen-bond acceptors (Lipinski definition) is 16. The summed E-state index contributed by atoms with van der Waals surface area (Å²) in [4.78, 5) is 150. The van der Waals surface area contributed by atoms with Crippen molar-refractivity contribution in [2.75, 3.05) is 31.6 Å². The highest BCUT2D eigenvalue weighted by molar-refractivity contribution is 6.02. The number of benzene rings is 2. The third-order valence-electron chi connectivity index (χ3n) is 13.2. The molecule has 9 amide bonds. The Balaban J connectivity index is 1.07. The topological polar surface area (TPSA) is 344 Å². The average Bonchev–Trinajstić information content (AvgIpc) is 3.93. The first kappa shape index (κ1) is 57.0. The fraction of sp³-hybridized carbons (Fsp3) is 0.434. The smallest absolute Gasteiger partial charge is 0.343 e. The number of esters is 1. The molecule has 0 aliphatic carbocycles. The van der Waals surface area contributed by atoms with E-state index in [1.165, 1.54) is 25.1 Å². The van der Waals surface area contributed by atoms with Crippen LogP contribution in [0, 0.1) is 5.92 Å². The summed E-state index contributed by atoms with van der Waals surface area (Å²) < 4.78 is 19.9. The molecule has 3 aliphatic rings. The van der Waals surface area contributed by atoms with E-state index in [0.717, 1.165) is 16.5 Å². The molecule has 0 spiro atoms. The second-order valence-corrected chi connectivity index (χ2v) is 19.2. The second-order valence-electron chi connectivity index (χ2n) is 19.2. The van der Waals surface area contributed by atoms with Gasteiger partial charge in [0.15, 0.2) is 12.2 Å². The number of primary amides is 1. The van der Waals surface area contributed by atoms with Crippen molar-refractivity contribution >= 4 is 75.9 Å². The van der Waals surface area contributed by atoms with Crippen LogP contribution in [0.3, 0.4) is 0 Å². The number of pyridine rings is 2. The molecule has 7 rings (SSSR count). The van der Waals surface area contributed by atoms with Crippen LogP contribution in [0.2, 0.25) is 0 Å². The predicted molar refractivity (Wildman–Crippen MR) is 276 cm³/mol. The summed E-state index contributed by atoms with van der Waals surface area (Å²) in [5, 5.41) is 17.1. The zero-order valence-corrected chi connectivity index (χ0v) is 43.6. The summed E-state index contributed by atoms with van der Waals surface area (Å²) in [6.45, 7) is 5.76. The van der Waals surface area contributed by atoms with Gasteiger partial charge in [-0.2, -0.15) is 0 Å². The Morgan fingerprint density at radius 3 is 2.27 bits per heavy atom. The molecule has 3 aliphatic heterocycles. The Morgan fingerprint density at radius 1 is 0.846 bits per heavy atom. The number of rotatable bonds is 25. The first-order valence-corrected chi connectivity index (χ1v) is 25.5. The van der Waals surface area contributed by atoms with Crippen molar-refractivity contribution in [3.8, 4) is 17.1 Å². The van der Waals surface area contributed by atoms with E-state index in [4.69, 9.17) is 29.8 Å². The molecule has 78 heavy (non-hydrogen) atoms. The highest BCUT2D eigenvalue weighted by atomic mass is 16.7. The number of hydrogen-bond donors (Lipinski definition) is 7. The summed E-state index contributed by atoms with van der Waals surface area (Å²) in [7, 11) is 0. The highest BCUT2D eigenvalue weighted by Crippen LogP contribution is 2.42. The van der Waals surface area contributed by atoms with Crippen LogP contribution in [0.25, 0.3) is 22.3 Å². The number of ether oxygens (including phenoxy) is 3. The molecule has 414 valence electrons. The number of para-hydroxylation sites is 1. The van der Waals surface area contributed by atoms with Gasteiger partial charge >= 0.3 is 18.0 Å². The lowest BCUT2D eigenvalue weighted by atomic mass is 9.85. The fourth-order valence-corrected chi connectivity index (χ4v) is 9.12. The minimum Gasteiger partial charge on any atom is -0.483 e. The summed E-state index contributed by atoms with van der Waals surface area (Å²) in [5.74, 6) is -6.14. The van der Waals surface area contributed by atoms with Crippen molar-refractivity contribution in [2.24, 2.45) is 11.7 Å². The van der Waals surface area contributed by atoms with E-state index in [2.05, 4.69) is 31.9 Å². The fourth-order valence-electron chi connectivity index (χ4n) is 9.12. The summed E-state index contributed by atoms with van der Waals surface area (Å²) >= 11 is 0. The number of nitrogens with zero attached hydrogens (tertiary/aromatic N) is 3. The quantitative estimate of drug-likeness (QED) is 0.0249. The maximum atomic E-state index is 14.2. The van der Waals surface area contributed by atoms with Crippen molar-refractivity contribution in [1.82, 2.24) is 41.2 Å². The molecule has 25 heteroatoms. The summed E-state index contributed by atoms with van der Waals surface area (Å²) in [6, 6.07) is 12.8. The molecule has 1 saturated heterocycles. The average molecular weight is 1080 g/mol. The van der Waals surface area contributed by atoms with Crippen molar-refractivity contribution in [1.29, 1.82) is 0 Å². The first-order valence-electron chi connectivity index (χ1n) is 25.5. The van der Waals surface area contributed by atoms with Gasteiger partial charge in [-0.3, -0.25) is 38.4 Å². The number of nitrogens with one attached hydrogen (secondary N) is 6. The monoisotopic (exact) mass is 1080 g/mol. The highest BCUT2D eigenvalue weighted by Gasteiger charge is 2.48. The first-order chi connectivity index (χ1) is 37.3. The molecule has 0 bridgehead atoms. The van der Waals surface area contributed by atoms with Crippen LogP contribution >= 0.6 is 0 Å². The number of hydroxylamine groups is 2. The number of anilines is 1. The van der Waals surface area contributed by atoms with Crippen molar-refractivity contribution in [2.45, 2.75) is 117 Å². The molecule has 3 atom stereocenters. The van der Waals surface area contributed by atoms with Gasteiger partial charge in [-0.1, -0.05) is 45.0 Å². The minimum absolute atomic E-state index is 0.0265. The lowest BCUT2D eigenvalue weighted by Gasteiger charge is -2.36. The van der Waals surface area contributed by atoms with E-state index in [1.54, 1.807) is 31.4 Å². The molecule has 5 heterocycles. The van der Waals surface area contributed by atoms with Gasteiger partial charge in [0.2, 0.25) is 23.6 Å². The standard InChI is InChI=1S/C53H62N10O15/c1-5-53(36-24-39-47-33(22-31-10-6-7-11-37(31)60-47)25-62(39)50(72)35(36)27-76-51(53)73)77-26-32-13-14-34(59-48(70)38(12-8-19-57-52(54)74)61-49(71)46(29(2)3)58-30(4)64)23-40(32)75-28-42(66)56-21-9-20-55-41(65)15-18-45(69)78-63-43(67)16-17-44(63)68/h6-7,10-11,13-14,22-24,29,38,46H,5,8-9,12,15-21,25-28H2,1-4H3,(H,55,65)(H,56,66)(H,58,64)(H,59,70)(H,61,71)(H3,54,57,74)/t38-,46-,53-/m0/s1. The van der Waals surface area contributed by atoms with Crippen LogP contribution in [0.5, 0.6) is 5.75 Å². The maximum Gasteiger partial charge on any atom is 0.343 e. The number of cyclic esters (lactones) is 1. The molecule has 8 N–H and O–H groups in total. The Labute approximate surface area is 446 Å². The minimum atomic E-state index is -1.80. The van der Waals surface area contributed by atoms with Gasteiger partial charge in [-0.25, -0.2) is 19.4 Å². The van der Waals surface area contributed by atoms with Gasteiger partial charge in [0.05, 0.1) is 42.0 Å². The van der Waals surface area contributed by atoms with E-state index in [9.17, 15) is 52.7 Å². The molecular weight excluding hydrogens is 1020 g/mol. The van der Waals surface area contributed by atoms with E-state index in [1.807, 2.05) is 30.3 Å². The third-order valence-corrected chi connectivity index (χ3v) is 13.2. The number of carbonyl (C=O) groups excluding carboxylic acids is 10. The van der Waals surface area contributed by atoms with Crippen LogP contribution in [0.15, 0.2) is 59.4 Å². The molecular formula is C53H62N10O15. The zero-order chi connectivity index (χ0) is 56.3. The van der Waals surface area contributed by atoms with E-state index < -0.39 is 83.6 Å². The van der Waals surface area contributed by atoms with Gasteiger partial charge in [0.1, 0.15) is 24.4 Å². The molecule has 2 aromatic heterocycles. The number of nitrogens with two attached hydrogens (primary N) is 1. The molecule has 0 radical (unpaired) electrons. The number of aromatic nitrogens is 2. The van der Waals surface area contributed by atoms with Gasteiger partial charge in [0, 0.05) is 79.7 Å². The van der Waals surface area contributed by atoms with Gasteiger partial charge in [0.25, 0.3) is 23.3 Å². The van der Waals surface area contributed by atoms with Crippen molar-refractivity contribution in [3.63, 3.8) is 0 Å². The number of urea groups is 1. The lowest BCUT2D eigenvalue weighted by molar-refractivity contribution is -0.197. The largest absolute Gasteiger partial charge is 0.483 e. The Morgan fingerprint density at radius 2 is 1.56 bits per heavy atom. The van der Waals surface area contributed by atoms with Crippen molar-refractivity contribution < 1.29 is 67.0 Å². The van der Waals surface area contributed by atoms with Crippen LogP contribution in [0.4, 0.5) is 10.5 Å². The van der Waals surface area contributed by atoms with Crippen LogP contribution in [-0.4, -0.2) is 112 Å².